The maximum Gasteiger partial charge on any atom is 0.251 e. The van der Waals surface area contributed by atoms with Crippen molar-refractivity contribution in [3.63, 3.8) is 0 Å². The van der Waals surface area contributed by atoms with Crippen molar-refractivity contribution < 1.29 is 4.79 Å². The molecule has 0 aliphatic heterocycles. The molecule has 0 saturated carbocycles. The van der Waals surface area contributed by atoms with Crippen LogP contribution in [-0.4, -0.2) is 15.7 Å². The van der Waals surface area contributed by atoms with Crippen LogP contribution in [-0.2, 0) is 13.1 Å². The van der Waals surface area contributed by atoms with E-state index >= 15 is 0 Å². The zero-order valence-electron chi connectivity index (χ0n) is 10.1. The second-order valence-corrected chi connectivity index (χ2v) is 4.77. The summed E-state index contributed by atoms with van der Waals surface area (Å²) < 4.78 is 2.73. The Morgan fingerprint density at radius 2 is 2.28 bits per heavy atom. The van der Waals surface area contributed by atoms with Crippen molar-refractivity contribution in [2.75, 3.05) is 0 Å². The summed E-state index contributed by atoms with van der Waals surface area (Å²) in [6, 6.07) is 9.21. The highest BCUT2D eigenvalue weighted by molar-refractivity contribution is 9.10. The predicted octanol–water partition coefficient (Wildman–Crippen LogP) is 2.60. The van der Waals surface area contributed by atoms with E-state index in [9.17, 15) is 4.79 Å². The van der Waals surface area contributed by atoms with Gasteiger partial charge in [0.1, 0.15) is 0 Å². The summed E-state index contributed by atoms with van der Waals surface area (Å²) >= 11 is 3.34. The van der Waals surface area contributed by atoms with Gasteiger partial charge in [0.25, 0.3) is 5.91 Å². The molecule has 0 saturated heterocycles. The van der Waals surface area contributed by atoms with Crippen molar-refractivity contribution in [2.45, 2.75) is 20.0 Å². The molecule has 1 N–H and O–H groups in total. The van der Waals surface area contributed by atoms with E-state index in [0.717, 1.165) is 16.7 Å². The Kier molecular flexibility index (Phi) is 4.15. The third-order valence-corrected chi connectivity index (χ3v) is 3.03. The number of carbonyl (C=O) groups is 1. The van der Waals surface area contributed by atoms with Crippen LogP contribution in [0.1, 0.15) is 23.0 Å². The van der Waals surface area contributed by atoms with E-state index in [1.807, 2.05) is 36.0 Å². The average Bonchev–Trinajstić information content (AvgIpc) is 2.84. The van der Waals surface area contributed by atoms with Crippen molar-refractivity contribution in [3.05, 3.63) is 52.3 Å². The van der Waals surface area contributed by atoms with Gasteiger partial charge < -0.3 is 5.32 Å². The first-order chi connectivity index (χ1) is 8.69. The Bertz CT molecular complexity index is 551. The standard InChI is InChI=1S/C13H14BrN3O/c1-2-17-7-6-12(16-17)9-15-13(18)10-4-3-5-11(14)8-10/h3-8H,2,9H2,1H3,(H,15,18). The number of carbonyl (C=O) groups excluding carboxylic acids is 1. The van der Waals surface area contributed by atoms with E-state index in [4.69, 9.17) is 0 Å². The molecular weight excluding hydrogens is 294 g/mol. The van der Waals surface area contributed by atoms with E-state index in [1.165, 1.54) is 0 Å². The summed E-state index contributed by atoms with van der Waals surface area (Å²) in [4.78, 5) is 11.9. The van der Waals surface area contributed by atoms with Gasteiger partial charge in [0.2, 0.25) is 0 Å². The summed E-state index contributed by atoms with van der Waals surface area (Å²) in [5.74, 6) is -0.0950. The summed E-state index contributed by atoms with van der Waals surface area (Å²) in [6.07, 6.45) is 1.90. The molecule has 1 amide bonds. The molecule has 4 nitrogen and oxygen atoms in total. The van der Waals surface area contributed by atoms with E-state index in [1.54, 1.807) is 12.1 Å². The van der Waals surface area contributed by atoms with Gasteiger partial charge in [-0.15, -0.1) is 0 Å². The lowest BCUT2D eigenvalue weighted by Crippen LogP contribution is -2.23. The number of rotatable bonds is 4. The zero-order chi connectivity index (χ0) is 13.0. The molecule has 94 valence electrons. The lowest BCUT2D eigenvalue weighted by molar-refractivity contribution is 0.0950. The van der Waals surface area contributed by atoms with Crippen LogP contribution < -0.4 is 5.32 Å². The van der Waals surface area contributed by atoms with Gasteiger partial charge in [-0.25, -0.2) is 0 Å². The Morgan fingerprint density at radius 1 is 1.44 bits per heavy atom. The molecule has 0 fully saturated rings. The van der Waals surface area contributed by atoms with Gasteiger partial charge in [-0.3, -0.25) is 9.48 Å². The molecule has 0 aliphatic rings. The van der Waals surface area contributed by atoms with E-state index in [-0.39, 0.29) is 5.91 Å². The topological polar surface area (TPSA) is 46.9 Å². The monoisotopic (exact) mass is 307 g/mol. The minimum Gasteiger partial charge on any atom is -0.346 e. The number of nitrogens with zero attached hydrogens (tertiary/aromatic N) is 2. The first-order valence-corrected chi connectivity index (χ1v) is 6.54. The molecule has 1 aromatic carbocycles. The van der Waals surface area contributed by atoms with Gasteiger partial charge in [0, 0.05) is 22.8 Å². The Morgan fingerprint density at radius 3 is 2.94 bits per heavy atom. The lowest BCUT2D eigenvalue weighted by atomic mass is 10.2. The van der Waals surface area contributed by atoms with Crippen molar-refractivity contribution >= 4 is 21.8 Å². The van der Waals surface area contributed by atoms with Crippen molar-refractivity contribution in [1.82, 2.24) is 15.1 Å². The van der Waals surface area contributed by atoms with Gasteiger partial charge in [0.05, 0.1) is 12.2 Å². The van der Waals surface area contributed by atoms with E-state index in [2.05, 4.69) is 26.3 Å². The van der Waals surface area contributed by atoms with Crippen LogP contribution in [0.15, 0.2) is 41.0 Å². The molecule has 1 heterocycles. The van der Waals surface area contributed by atoms with Crippen molar-refractivity contribution in [3.8, 4) is 0 Å². The molecule has 5 heteroatoms. The van der Waals surface area contributed by atoms with Gasteiger partial charge >= 0.3 is 0 Å². The van der Waals surface area contributed by atoms with Gasteiger partial charge in [0.15, 0.2) is 0 Å². The number of nitrogens with one attached hydrogen (secondary N) is 1. The quantitative estimate of drug-likeness (QED) is 0.944. The molecule has 0 atom stereocenters. The number of aromatic nitrogens is 2. The highest BCUT2D eigenvalue weighted by Crippen LogP contribution is 2.11. The second-order valence-electron chi connectivity index (χ2n) is 3.86. The van der Waals surface area contributed by atoms with Crippen molar-refractivity contribution in [1.29, 1.82) is 0 Å². The van der Waals surface area contributed by atoms with Crippen LogP contribution in [0, 0.1) is 0 Å². The molecule has 2 rings (SSSR count). The largest absolute Gasteiger partial charge is 0.346 e. The predicted molar refractivity (Wildman–Crippen MR) is 73.2 cm³/mol. The molecule has 0 radical (unpaired) electrons. The van der Waals surface area contributed by atoms with Crippen LogP contribution >= 0.6 is 15.9 Å². The first kappa shape index (κ1) is 12.8. The fraction of sp³-hybridized carbons (Fsp3) is 0.231. The smallest absolute Gasteiger partial charge is 0.251 e. The number of amides is 1. The maximum atomic E-state index is 11.9. The minimum absolute atomic E-state index is 0.0950. The number of benzene rings is 1. The second kappa shape index (κ2) is 5.82. The van der Waals surface area contributed by atoms with Crippen LogP contribution in [0.25, 0.3) is 0 Å². The van der Waals surface area contributed by atoms with Gasteiger partial charge in [-0.2, -0.15) is 5.10 Å². The van der Waals surface area contributed by atoms with Gasteiger partial charge in [-0.05, 0) is 31.2 Å². The molecule has 18 heavy (non-hydrogen) atoms. The minimum atomic E-state index is -0.0950. The first-order valence-electron chi connectivity index (χ1n) is 5.75. The Balaban J connectivity index is 1.96. The van der Waals surface area contributed by atoms with Crippen LogP contribution in [0.5, 0.6) is 0 Å². The summed E-state index contributed by atoms with van der Waals surface area (Å²) in [7, 11) is 0. The number of hydrogen-bond donors (Lipinski definition) is 1. The highest BCUT2D eigenvalue weighted by atomic mass is 79.9. The number of halogens is 1. The SMILES string of the molecule is CCn1ccc(CNC(=O)c2cccc(Br)c2)n1. The fourth-order valence-corrected chi connectivity index (χ4v) is 1.98. The summed E-state index contributed by atoms with van der Waals surface area (Å²) in [6.45, 7) is 3.30. The average molecular weight is 308 g/mol. The third-order valence-electron chi connectivity index (χ3n) is 2.54. The Labute approximate surface area is 114 Å². The number of aryl methyl sites for hydroxylation is 1. The molecule has 0 unspecified atom stereocenters. The van der Waals surface area contributed by atoms with Crippen LogP contribution in [0.2, 0.25) is 0 Å². The van der Waals surface area contributed by atoms with E-state index < -0.39 is 0 Å². The maximum absolute atomic E-state index is 11.9. The lowest BCUT2D eigenvalue weighted by Gasteiger charge is -2.03. The third kappa shape index (κ3) is 3.20. The molecule has 0 spiro atoms. The zero-order valence-corrected chi connectivity index (χ0v) is 11.6. The molecular formula is C13H14BrN3O. The molecule has 0 bridgehead atoms. The molecule has 1 aromatic heterocycles. The van der Waals surface area contributed by atoms with Crippen molar-refractivity contribution in [2.24, 2.45) is 0 Å². The summed E-state index contributed by atoms with van der Waals surface area (Å²) in [5.41, 5.74) is 1.50. The normalized spacial score (nSPS) is 10.3. The summed E-state index contributed by atoms with van der Waals surface area (Å²) in [5, 5.41) is 7.15. The van der Waals surface area contributed by atoms with E-state index in [0.29, 0.717) is 12.1 Å². The number of hydrogen-bond acceptors (Lipinski definition) is 2. The highest BCUT2D eigenvalue weighted by Gasteiger charge is 2.06. The molecule has 2 aromatic rings. The van der Waals surface area contributed by atoms with Crippen LogP contribution in [0.4, 0.5) is 0 Å². The van der Waals surface area contributed by atoms with Crippen LogP contribution in [0.3, 0.4) is 0 Å². The molecule has 0 aliphatic carbocycles. The van der Waals surface area contributed by atoms with Gasteiger partial charge in [-0.1, -0.05) is 22.0 Å². The fourth-order valence-electron chi connectivity index (χ4n) is 1.58. The Hall–Kier alpha value is -1.62.